The topological polar surface area (TPSA) is 32.3 Å². The Hall–Kier alpha value is -0.570. The minimum Gasteiger partial charge on any atom is -0.326 e. The fourth-order valence-electron chi connectivity index (χ4n) is 2.50. The predicted octanol–water partition coefficient (Wildman–Crippen LogP) is 2.86. The van der Waals surface area contributed by atoms with E-state index in [1.807, 2.05) is 0 Å². The number of nitrogens with zero attached hydrogens (tertiary/aromatic N) is 1. The molecule has 18 heavy (non-hydrogen) atoms. The number of amides is 1. The summed E-state index contributed by atoms with van der Waals surface area (Å²) in [6, 6.07) is 0.0119. The first-order chi connectivity index (χ1) is 8.36. The molecule has 1 aliphatic heterocycles. The summed E-state index contributed by atoms with van der Waals surface area (Å²) >= 11 is 0. The summed E-state index contributed by atoms with van der Waals surface area (Å²) in [5.74, 6) is 1.86. The molecule has 106 valence electrons. The zero-order valence-corrected chi connectivity index (χ0v) is 12.9. The maximum atomic E-state index is 12.5. The highest BCUT2D eigenvalue weighted by atomic mass is 16.2. The number of hydrogen-bond donors (Lipinski definition) is 1. The van der Waals surface area contributed by atoms with E-state index >= 15 is 0 Å². The first kappa shape index (κ1) is 15.5. The van der Waals surface area contributed by atoms with E-state index in [4.69, 9.17) is 0 Å². The molecule has 0 aromatic rings. The van der Waals surface area contributed by atoms with E-state index in [-0.39, 0.29) is 12.2 Å². The monoisotopic (exact) mass is 254 g/mol. The highest BCUT2D eigenvalue weighted by Gasteiger charge is 2.40. The van der Waals surface area contributed by atoms with Gasteiger partial charge in [0.1, 0.15) is 0 Å². The van der Waals surface area contributed by atoms with Crippen LogP contribution in [0.4, 0.5) is 0 Å². The van der Waals surface area contributed by atoms with Crippen molar-refractivity contribution in [2.45, 2.75) is 66.6 Å². The number of carbonyl (C=O) groups is 1. The summed E-state index contributed by atoms with van der Waals surface area (Å²) < 4.78 is 0. The highest BCUT2D eigenvalue weighted by molar-refractivity contribution is 5.84. The van der Waals surface area contributed by atoms with Crippen LogP contribution >= 0.6 is 0 Å². The molecule has 0 aromatic heterocycles. The second-order valence-electron chi connectivity index (χ2n) is 6.54. The lowest BCUT2D eigenvalue weighted by atomic mass is 10.0. The van der Waals surface area contributed by atoms with Gasteiger partial charge in [0.25, 0.3) is 0 Å². The van der Waals surface area contributed by atoms with Crippen LogP contribution in [0.15, 0.2) is 0 Å². The zero-order chi connectivity index (χ0) is 13.9. The SMILES string of the molecule is CCC(C)CN1C(=O)C(C(C)C)NC1CC(C)C. The van der Waals surface area contributed by atoms with Gasteiger partial charge in [0, 0.05) is 6.54 Å². The largest absolute Gasteiger partial charge is 0.326 e. The van der Waals surface area contributed by atoms with E-state index in [0.717, 1.165) is 19.4 Å². The van der Waals surface area contributed by atoms with Gasteiger partial charge in [-0.05, 0) is 24.2 Å². The third kappa shape index (κ3) is 3.71. The third-order valence-electron chi connectivity index (χ3n) is 3.86. The molecule has 3 atom stereocenters. The van der Waals surface area contributed by atoms with E-state index in [0.29, 0.717) is 23.7 Å². The molecule has 1 rings (SSSR count). The Kier molecular flexibility index (Phi) is 5.64. The molecule has 0 aromatic carbocycles. The van der Waals surface area contributed by atoms with Crippen LogP contribution in [-0.4, -0.2) is 29.6 Å². The number of hydrogen-bond acceptors (Lipinski definition) is 2. The molecule has 0 aliphatic carbocycles. The van der Waals surface area contributed by atoms with Crippen molar-refractivity contribution in [2.24, 2.45) is 17.8 Å². The van der Waals surface area contributed by atoms with Gasteiger partial charge >= 0.3 is 0 Å². The van der Waals surface area contributed by atoms with Crippen LogP contribution < -0.4 is 5.32 Å². The highest BCUT2D eigenvalue weighted by Crippen LogP contribution is 2.23. The summed E-state index contributed by atoms with van der Waals surface area (Å²) in [6.45, 7) is 14.0. The van der Waals surface area contributed by atoms with Crippen molar-refractivity contribution in [3.05, 3.63) is 0 Å². The average molecular weight is 254 g/mol. The fraction of sp³-hybridized carbons (Fsp3) is 0.933. The lowest BCUT2D eigenvalue weighted by molar-refractivity contribution is -0.131. The summed E-state index contributed by atoms with van der Waals surface area (Å²) in [5.41, 5.74) is 0. The molecule has 0 radical (unpaired) electrons. The molecular weight excluding hydrogens is 224 g/mol. The van der Waals surface area contributed by atoms with Crippen LogP contribution in [0.5, 0.6) is 0 Å². The first-order valence-electron chi connectivity index (χ1n) is 7.43. The molecule has 1 fully saturated rings. The van der Waals surface area contributed by atoms with E-state index in [1.54, 1.807) is 0 Å². The molecule has 0 bridgehead atoms. The van der Waals surface area contributed by atoms with Gasteiger partial charge in [-0.25, -0.2) is 0 Å². The van der Waals surface area contributed by atoms with Gasteiger partial charge in [-0.1, -0.05) is 48.0 Å². The van der Waals surface area contributed by atoms with Crippen LogP contribution in [0.3, 0.4) is 0 Å². The second-order valence-corrected chi connectivity index (χ2v) is 6.54. The first-order valence-corrected chi connectivity index (χ1v) is 7.43. The van der Waals surface area contributed by atoms with Crippen LogP contribution in [0.2, 0.25) is 0 Å². The molecule has 1 heterocycles. The van der Waals surface area contributed by atoms with Crippen LogP contribution in [0, 0.1) is 17.8 Å². The van der Waals surface area contributed by atoms with Gasteiger partial charge in [0.2, 0.25) is 5.91 Å². The molecule has 3 nitrogen and oxygen atoms in total. The predicted molar refractivity (Wildman–Crippen MR) is 76.2 cm³/mol. The van der Waals surface area contributed by atoms with Crippen molar-refractivity contribution < 1.29 is 4.79 Å². The molecule has 0 saturated carbocycles. The molecule has 1 aliphatic rings. The lowest BCUT2D eigenvalue weighted by Crippen LogP contribution is -2.40. The molecule has 0 spiro atoms. The van der Waals surface area contributed by atoms with E-state index < -0.39 is 0 Å². The molecule has 1 saturated heterocycles. The molecular formula is C15H30N2O. The van der Waals surface area contributed by atoms with Crippen molar-refractivity contribution in [1.29, 1.82) is 0 Å². The summed E-state index contributed by atoms with van der Waals surface area (Å²) in [5, 5.41) is 3.53. The Morgan fingerprint density at radius 3 is 2.28 bits per heavy atom. The maximum Gasteiger partial charge on any atom is 0.241 e. The maximum absolute atomic E-state index is 12.5. The smallest absolute Gasteiger partial charge is 0.241 e. The lowest BCUT2D eigenvalue weighted by Gasteiger charge is -2.28. The standard InChI is InChI=1S/C15H30N2O/c1-7-12(6)9-17-13(8-10(2)3)16-14(11(4)5)15(17)18/h10-14,16H,7-9H2,1-6H3. The number of nitrogens with one attached hydrogen (secondary N) is 1. The normalized spacial score (nSPS) is 26.4. The Bertz CT molecular complexity index is 276. The zero-order valence-electron chi connectivity index (χ0n) is 12.9. The molecule has 1 N–H and O–H groups in total. The van der Waals surface area contributed by atoms with Gasteiger partial charge in [-0.2, -0.15) is 0 Å². The molecule has 3 unspecified atom stereocenters. The van der Waals surface area contributed by atoms with Gasteiger partial charge in [0.15, 0.2) is 0 Å². The Morgan fingerprint density at radius 2 is 1.83 bits per heavy atom. The Morgan fingerprint density at radius 1 is 1.22 bits per heavy atom. The third-order valence-corrected chi connectivity index (χ3v) is 3.86. The van der Waals surface area contributed by atoms with E-state index in [1.165, 1.54) is 0 Å². The van der Waals surface area contributed by atoms with E-state index in [9.17, 15) is 4.79 Å². The van der Waals surface area contributed by atoms with Gasteiger partial charge in [-0.3, -0.25) is 10.1 Å². The molecule has 3 heteroatoms. The van der Waals surface area contributed by atoms with Gasteiger partial charge in [-0.15, -0.1) is 0 Å². The average Bonchev–Trinajstić information content (AvgIpc) is 2.56. The fourth-order valence-corrected chi connectivity index (χ4v) is 2.50. The number of rotatable bonds is 6. The van der Waals surface area contributed by atoms with Crippen LogP contribution in [0.1, 0.15) is 54.4 Å². The summed E-state index contributed by atoms with van der Waals surface area (Å²) in [4.78, 5) is 14.5. The second kappa shape index (κ2) is 6.55. The minimum atomic E-state index is 0.0119. The van der Waals surface area contributed by atoms with Crippen molar-refractivity contribution in [1.82, 2.24) is 10.2 Å². The Balaban J connectivity index is 2.76. The van der Waals surface area contributed by atoms with Crippen molar-refractivity contribution in [3.8, 4) is 0 Å². The van der Waals surface area contributed by atoms with Crippen molar-refractivity contribution >= 4 is 5.91 Å². The van der Waals surface area contributed by atoms with E-state index in [2.05, 4.69) is 51.8 Å². The minimum absolute atomic E-state index is 0.0119. The number of carbonyl (C=O) groups excluding carboxylic acids is 1. The summed E-state index contributed by atoms with van der Waals surface area (Å²) in [6.07, 6.45) is 2.41. The quantitative estimate of drug-likeness (QED) is 0.790. The van der Waals surface area contributed by atoms with Crippen molar-refractivity contribution in [2.75, 3.05) is 6.54 Å². The Labute approximate surface area is 112 Å². The van der Waals surface area contributed by atoms with Crippen LogP contribution in [0.25, 0.3) is 0 Å². The van der Waals surface area contributed by atoms with Gasteiger partial charge in [0.05, 0.1) is 12.2 Å². The van der Waals surface area contributed by atoms with Crippen LogP contribution in [-0.2, 0) is 4.79 Å². The summed E-state index contributed by atoms with van der Waals surface area (Å²) in [7, 11) is 0. The van der Waals surface area contributed by atoms with Gasteiger partial charge < -0.3 is 4.90 Å². The van der Waals surface area contributed by atoms with Crippen molar-refractivity contribution in [3.63, 3.8) is 0 Å². The molecule has 1 amide bonds.